The standard InChI is InChI=1S/C24H26ClF4N5O5S2/c1-4-16(24(27,28)29)33-41(37,38)13-5-6-14(15(25)11-13)18-17(21(35)34-9-7-12(26)8-10-34)30-20(40-18)19-31-32-22(39-19)23(2,3)36/h5-6,11-12,16,33,36H,4,7-10H2,1-3H3. The summed E-state index contributed by atoms with van der Waals surface area (Å²) in [5.41, 5.74) is -1.38. The van der Waals surface area contributed by atoms with Gasteiger partial charge in [-0.25, -0.2) is 17.8 Å². The van der Waals surface area contributed by atoms with Crippen molar-refractivity contribution < 1.29 is 40.3 Å². The maximum atomic E-state index is 13.7. The molecule has 1 aromatic carbocycles. The number of aromatic nitrogens is 3. The Labute approximate surface area is 241 Å². The van der Waals surface area contributed by atoms with Gasteiger partial charge in [0, 0.05) is 18.7 Å². The summed E-state index contributed by atoms with van der Waals surface area (Å²) in [4.78, 5) is 19.0. The first-order valence-electron chi connectivity index (χ1n) is 12.4. The van der Waals surface area contributed by atoms with E-state index in [4.69, 9.17) is 16.0 Å². The second kappa shape index (κ2) is 11.6. The maximum absolute atomic E-state index is 13.7. The average Bonchev–Trinajstić information content (AvgIpc) is 3.54. The zero-order valence-electron chi connectivity index (χ0n) is 22.0. The van der Waals surface area contributed by atoms with Gasteiger partial charge in [0.25, 0.3) is 11.8 Å². The molecule has 3 heterocycles. The van der Waals surface area contributed by atoms with Gasteiger partial charge in [-0.3, -0.25) is 4.79 Å². The molecule has 3 aromatic rings. The van der Waals surface area contributed by atoms with Crippen LogP contribution in [0.3, 0.4) is 0 Å². The lowest BCUT2D eigenvalue weighted by Gasteiger charge is -2.28. The molecule has 1 saturated heterocycles. The van der Waals surface area contributed by atoms with Gasteiger partial charge >= 0.3 is 6.18 Å². The number of piperidine rings is 1. The molecule has 224 valence electrons. The first-order chi connectivity index (χ1) is 19.0. The number of alkyl halides is 4. The van der Waals surface area contributed by atoms with Crippen LogP contribution in [0, 0.1) is 0 Å². The molecule has 1 amide bonds. The Morgan fingerprint density at radius 3 is 2.46 bits per heavy atom. The van der Waals surface area contributed by atoms with E-state index in [1.165, 1.54) is 31.7 Å². The van der Waals surface area contributed by atoms with E-state index in [2.05, 4.69) is 15.2 Å². The van der Waals surface area contributed by atoms with Crippen molar-refractivity contribution in [2.45, 2.75) is 68.9 Å². The molecular weight excluding hydrogens is 614 g/mol. The Kier molecular flexibility index (Phi) is 8.81. The third-order valence-electron chi connectivity index (χ3n) is 6.27. The van der Waals surface area contributed by atoms with Gasteiger partial charge in [-0.2, -0.15) is 17.9 Å². The van der Waals surface area contributed by atoms with Crippen molar-refractivity contribution in [3.05, 3.63) is 34.8 Å². The van der Waals surface area contributed by atoms with E-state index in [1.54, 1.807) is 4.72 Å². The summed E-state index contributed by atoms with van der Waals surface area (Å²) in [6.07, 6.45) is -6.06. The van der Waals surface area contributed by atoms with Crippen LogP contribution in [0.4, 0.5) is 17.6 Å². The molecule has 17 heteroatoms. The highest BCUT2D eigenvalue weighted by atomic mass is 35.5. The Bertz CT molecular complexity index is 1530. The molecule has 1 atom stereocenters. The minimum absolute atomic E-state index is 0.0935. The Morgan fingerprint density at radius 1 is 1.27 bits per heavy atom. The van der Waals surface area contributed by atoms with Gasteiger partial charge in [-0.15, -0.1) is 21.5 Å². The molecule has 1 unspecified atom stereocenters. The minimum atomic E-state index is -4.80. The van der Waals surface area contributed by atoms with Gasteiger partial charge in [-0.05, 0) is 45.2 Å². The van der Waals surface area contributed by atoms with E-state index < -0.39 is 51.2 Å². The lowest BCUT2D eigenvalue weighted by Crippen LogP contribution is -2.44. The molecule has 0 bridgehead atoms. The number of rotatable bonds is 8. The van der Waals surface area contributed by atoms with Crippen molar-refractivity contribution in [1.29, 1.82) is 0 Å². The number of carbonyl (C=O) groups is 1. The third-order valence-corrected chi connectivity index (χ3v) is 9.13. The highest BCUT2D eigenvalue weighted by molar-refractivity contribution is 7.89. The Morgan fingerprint density at radius 2 is 1.93 bits per heavy atom. The van der Waals surface area contributed by atoms with Crippen molar-refractivity contribution in [2.75, 3.05) is 13.1 Å². The maximum Gasteiger partial charge on any atom is 0.404 e. The summed E-state index contributed by atoms with van der Waals surface area (Å²) in [6.45, 7) is 4.35. The van der Waals surface area contributed by atoms with Gasteiger partial charge in [-0.1, -0.05) is 24.6 Å². The normalized spacial score (nSPS) is 16.3. The molecule has 0 radical (unpaired) electrons. The number of amides is 1. The number of hydrogen-bond donors (Lipinski definition) is 2. The van der Waals surface area contributed by atoms with Crippen LogP contribution in [-0.4, -0.2) is 71.0 Å². The molecule has 2 aromatic heterocycles. The zero-order valence-corrected chi connectivity index (χ0v) is 24.4. The lowest BCUT2D eigenvalue weighted by molar-refractivity contribution is -0.151. The molecule has 1 aliphatic rings. The third kappa shape index (κ3) is 6.88. The van der Waals surface area contributed by atoms with E-state index in [9.17, 15) is 35.9 Å². The second-order valence-corrected chi connectivity index (χ2v) is 13.0. The monoisotopic (exact) mass is 639 g/mol. The van der Waals surface area contributed by atoms with Crippen LogP contribution in [0.15, 0.2) is 27.5 Å². The van der Waals surface area contributed by atoms with E-state index in [0.717, 1.165) is 23.5 Å². The molecule has 10 nitrogen and oxygen atoms in total. The number of thiazole rings is 1. The Balaban J connectivity index is 1.75. The topological polar surface area (TPSA) is 139 Å². The molecule has 0 saturated carbocycles. The van der Waals surface area contributed by atoms with E-state index >= 15 is 0 Å². The van der Waals surface area contributed by atoms with Crippen molar-refractivity contribution in [3.63, 3.8) is 0 Å². The number of likely N-dealkylation sites (tertiary alicyclic amines) is 1. The van der Waals surface area contributed by atoms with Crippen LogP contribution in [-0.2, 0) is 15.6 Å². The Hall–Kier alpha value is -2.66. The van der Waals surface area contributed by atoms with Gasteiger partial charge in [0.2, 0.25) is 15.9 Å². The van der Waals surface area contributed by atoms with E-state index in [1.807, 2.05) is 0 Å². The molecule has 0 aliphatic carbocycles. The lowest BCUT2D eigenvalue weighted by atomic mass is 10.1. The fraction of sp³-hybridized carbons (Fsp3) is 0.500. The van der Waals surface area contributed by atoms with Crippen LogP contribution in [0.25, 0.3) is 21.3 Å². The molecule has 1 fully saturated rings. The number of sulfonamides is 1. The van der Waals surface area contributed by atoms with Crippen molar-refractivity contribution in [2.24, 2.45) is 0 Å². The van der Waals surface area contributed by atoms with Crippen LogP contribution in [0.2, 0.25) is 5.02 Å². The van der Waals surface area contributed by atoms with Gasteiger partial charge in [0.05, 0.1) is 14.8 Å². The minimum Gasteiger partial charge on any atom is -0.415 e. The fourth-order valence-corrected chi connectivity index (χ4v) is 6.73. The summed E-state index contributed by atoms with van der Waals surface area (Å²) >= 11 is 7.36. The molecular formula is C24H26ClF4N5O5S2. The smallest absolute Gasteiger partial charge is 0.404 e. The largest absolute Gasteiger partial charge is 0.415 e. The van der Waals surface area contributed by atoms with Crippen molar-refractivity contribution in [3.8, 4) is 21.3 Å². The number of nitrogens with one attached hydrogen (secondary N) is 1. The number of nitrogens with zero attached hydrogens (tertiary/aromatic N) is 4. The number of carbonyl (C=O) groups excluding carboxylic acids is 1. The molecule has 41 heavy (non-hydrogen) atoms. The van der Waals surface area contributed by atoms with Gasteiger partial charge < -0.3 is 14.4 Å². The molecule has 0 spiro atoms. The summed E-state index contributed by atoms with van der Waals surface area (Å²) in [6, 6.07) is 0.997. The highest BCUT2D eigenvalue weighted by Crippen LogP contribution is 2.40. The zero-order chi connectivity index (χ0) is 30.3. The van der Waals surface area contributed by atoms with Crippen LogP contribution < -0.4 is 4.72 Å². The molecule has 2 N–H and O–H groups in total. The molecule has 4 rings (SSSR count). The number of benzene rings is 1. The first-order valence-corrected chi connectivity index (χ1v) is 15.1. The fourth-order valence-electron chi connectivity index (χ4n) is 3.98. The van der Waals surface area contributed by atoms with Crippen LogP contribution in [0.1, 0.15) is 56.4 Å². The predicted molar refractivity (Wildman–Crippen MR) is 142 cm³/mol. The van der Waals surface area contributed by atoms with Crippen LogP contribution in [0.5, 0.6) is 0 Å². The van der Waals surface area contributed by atoms with Crippen molar-refractivity contribution >= 4 is 38.9 Å². The van der Waals surface area contributed by atoms with Gasteiger partial charge in [0.1, 0.15) is 23.5 Å². The first kappa shape index (κ1) is 31.3. The van der Waals surface area contributed by atoms with Crippen LogP contribution >= 0.6 is 22.9 Å². The highest BCUT2D eigenvalue weighted by Gasteiger charge is 2.41. The summed E-state index contributed by atoms with van der Waals surface area (Å²) in [7, 11) is -4.61. The van der Waals surface area contributed by atoms with Gasteiger partial charge in [0.15, 0.2) is 5.01 Å². The number of aliphatic hydroxyl groups is 1. The molecule has 1 aliphatic heterocycles. The number of hydrogen-bond acceptors (Lipinski definition) is 9. The SMILES string of the molecule is CCC(NS(=O)(=O)c1ccc(-c2sc(-c3nnc(C(C)(C)O)o3)nc2C(=O)N2CCC(F)CC2)c(Cl)c1)C(F)(F)F. The van der Waals surface area contributed by atoms with Crippen molar-refractivity contribution in [1.82, 2.24) is 24.8 Å². The number of halogens is 5. The van der Waals surface area contributed by atoms with E-state index in [-0.39, 0.29) is 63.9 Å². The predicted octanol–water partition coefficient (Wildman–Crippen LogP) is 4.93. The van der Waals surface area contributed by atoms with E-state index in [0.29, 0.717) is 0 Å². The summed E-state index contributed by atoms with van der Waals surface area (Å²) < 4.78 is 85.9. The quantitative estimate of drug-likeness (QED) is 0.331. The summed E-state index contributed by atoms with van der Waals surface area (Å²) in [5, 5.41) is 17.8. The second-order valence-electron chi connectivity index (χ2n) is 9.90. The summed E-state index contributed by atoms with van der Waals surface area (Å²) in [5.74, 6) is -0.749. The average molecular weight is 640 g/mol.